The topological polar surface area (TPSA) is 174 Å². The Hall–Kier alpha value is -2.91. The zero-order valence-corrected chi connectivity index (χ0v) is 22.1. The minimum atomic E-state index is -1.03. The lowest BCUT2D eigenvalue weighted by molar-refractivity contribution is -0.145. The van der Waals surface area contributed by atoms with Gasteiger partial charge >= 0.3 is 23.9 Å². The van der Waals surface area contributed by atoms with E-state index in [9.17, 15) is 39.6 Å². The molecule has 0 bridgehead atoms. The molecule has 0 spiro atoms. The van der Waals surface area contributed by atoms with Crippen LogP contribution in [0.5, 0.6) is 0 Å². The highest BCUT2D eigenvalue weighted by atomic mass is 32.1. The first kappa shape index (κ1) is 31.3. The minimum absolute atomic E-state index is 0.250. The number of carbonyl (C=O) groups is 4. The molecule has 2 rings (SSSR count). The van der Waals surface area contributed by atoms with E-state index in [0.717, 1.165) is 11.3 Å². The summed E-state index contributed by atoms with van der Waals surface area (Å²) in [7, 11) is 0. The number of hydrogen-bond acceptors (Lipinski definition) is 10. The lowest BCUT2D eigenvalue weighted by atomic mass is 10.0. The highest BCUT2D eigenvalue weighted by Gasteiger charge is 2.28. The van der Waals surface area contributed by atoms with Crippen molar-refractivity contribution in [1.29, 1.82) is 0 Å². The van der Waals surface area contributed by atoms with E-state index < -0.39 is 29.9 Å². The van der Waals surface area contributed by atoms with Crippen LogP contribution < -0.4 is 4.72 Å². The maximum absolute atomic E-state index is 12.3. The second kappa shape index (κ2) is 16.1. The number of benzene rings is 1. The van der Waals surface area contributed by atoms with Crippen LogP contribution in [0.3, 0.4) is 0 Å². The Morgan fingerprint density at radius 3 is 1.45 bits per heavy atom. The Labute approximate surface area is 227 Å². The molecular weight excluding hydrogens is 518 g/mol. The smallest absolute Gasteiger partial charge is 0.320 e. The zero-order chi connectivity index (χ0) is 28.1. The first-order chi connectivity index (χ1) is 18.1. The summed E-state index contributed by atoms with van der Waals surface area (Å²) < 4.78 is 2.74. The molecule has 5 N–H and O–H groups in total. The average Bonchev–Trinajstić information content (AvgIpc) is 2.84. The van der Waals surface area contributed by atoms with Crippen LogP contribution in [0.4, 0.5) is 5.69 Å². The van der Waals surface area contributed by atoms with E-state index in [1.807, 2.05) is 24.3 Å². The molecule has 14 heteroatoms. The average molecular weight is 556 g/mol. The lowest BCUT2D eigenvalue weighted by Gasteiger charge is -2.35. The molecule has 38 heavy (non-hydrogen) atoms. The van der Waals surface area contributed by atoms with E-state index in [4.69, 9.17) is 0 Å². The molecule has 1 aromatic rings. The fourth-order valence-corrected chi connectivity index (χ4v) is 4.57. The number of thiol groups is 1. The van der Waals surface area contributed by atoms with E-state index in [2.05, 4.69) is 17.5 Å². The third-order valence-electron chi connectivity index (χ3n) is 6.46. The van der Waals surface area contributed by atoms with Crippen molar-refractivity contribution in [3.05, 3.63) is 29.8 Å². The van der Waals surface area contributed by atoms with Gasteiger partial charge in [-0.2, -0.15) is 0 Å². The van der Waals surface area contributed by atoms with Crippen LogP contribution in [0.25, 0.3) is 0 Å². The SMILES string of the molecule is O=C(O)CN1CCN(CC(=O)O)CCN(C(CCc2ccc(NS)cc2)C(=O)O)CCN(CC(=O)O)CC1. The van der Waals surface area contributed by atoms with Crippen molar-refractivity contribution in [3.8, 4) is 0 Å². The van der Waals surface area contributed by atoms with Gasteiger partial charge in [-0.15, -0.1) is 0 Å². The third-order valence-corrected chi connectivity index (χ3v) is 6.72. The quantitative estimate of drug-likeness (QED) is 0.187. The van der Waals surface area contributed by atoms with E-state index in [1.54, 1.807) is 19.6 Å². The van der Waals surface area contributed by atoms with Crippen molar-refractivity contribution in [3.63, 3.8) is 0 Å². The predicted octanol–water partition coefficient (Wildman–Crippen LogP) is -0.195. The number of carboxylic acids is 4. The summed E-state index contributed by atoms with van der Waals surface area (Å²) in [6.07, 6.45) is 0.815. The highest BCUT2D eigenvalue weighted by molar-refractivity contribution is 7.81. The summed E-state index contributed by atoms with van der Waals surface area (Å²) in [6.45, 7) is 1.37. The minimum Gasteiger partial charge on any atom is -0.480 e. The Morgan fingerprint density at radius 2 is 1.11 bits per heavy atom. The van der Waals surface area contributed by atoms with Crippen LogP contribution in [-0.4, -0.2) is 142 Å². The van der Waals surface area contributed by atoms with E-state index >= 15 is 0 Å². The zero-order valence-electron chi connectivity index (χ0n) is 21.2. The number of nitrogens with one attached hydrogen (secondary N) is 1. The molecule has 1 aliphatic heterocycles. The van der Waals surface area contributed by atoms with Crippen molar-refractivity contribution in [2.45, 2.75) is 18.9 Å². The molecule has 1 aliphatic rings. The molecule has 1 atom stereocenters. The Morgan fingerprint density at radius 1 is 0.711 bits per heavy atom. The molecule has 1 heterocycles. The van der Waals surface area contributed by atoms with Crippen molar-refractivity contribution in [2.75, 3.05) is 76.7 Å². The van der Waals surface area contributed by atoms with Crippen LogP contribution in [0.15, 0.2) is 24.3 Å². The van der Waals surface area contributed by atoms with Gasteiger partial charge < -0.3 is 25.1 Å². The standard InChI is InChI=1S/C24H37N5O8S/c30-21(31)15-26-7-9-27(16-22(32)33)11-13-29(14-12-28(10-8-26)17-23(34)35)20(24(36)37)6-3-18-1-4-19(25-38)5-2-18/h1-2,4-5,20,25,38H,3,6-17H2,(H,30,31)(H,32,33)(H,34,35)(H,36,37). The van der Waals surface area contributed by atoms with E-state index in [0.29, 0.717) is 12.8 Å². The number of aliphatic carboxylic acids is 4. The second-order valence-electron chi connectivity index (χ2n) is 9.25. The summed E-state index contributed by atoms with van der Waals surface area (Å²) >= 11 is 4.01. The number of hydrogen-bond donors (Lipinski definition) is 6. The molecule has 0 aromatic heterocycles. The molecule has 1 saturated heterocycles. The van der Waals surface area contributed by atoms with Crippen LogP contribution in [0.2, 0.25) is 0 Å². The van der Waals surface area contributed by atoms with E-state index in [-0.39, 0.29) is 72.0 Å². The summed E-state index contributed by atoms with van der Waals surface area (Å²) in [5.41, 5.74) is 1.77. The van der Waals surface area contributed by atoms with Gasteiger partial charge in [0.2, 0.25) is 0 Å². The third kappa shape index (κ3) is 11.6. The summed E-state index contributed by atoms with van der Waals surface area (Å²) in [4.78, 5) is 53.3. The Kier molecular flexibility index (Phi) is 13.3. The molecule has 0 radical (unpaired) electrons. The second-order valence-corrected chi connectivity index (χ2v) is 9.47. The fourth-order valence-electron chi connectivity index (χ4n) is 4.42. The van der Waals surface area contributed by atoms with Crippen LogP contribution >= 0.6 is 12.8 Å². The monoisotopic (exact) mass is 555 g/mol. The highest BCUT2D eigenvalue weighted by Crippen LogP contribution is 2.15. The van der Waals surface area contributed by atoms with Gasteiger partial charge in [-0.05, 0) is 30.5 Å². The van der Waals surface area contributed by atoms with Gasteiger partial charge in [0.15, 0.2) is 0 Å². The van der Waals surface area contributed by atoms with Gasteiger partial charge in [-0.25, -0.2) is 0 Å². The van der Waals surface area contributed by atoms with Gasteiger partial charge in [-0.3, -0.25) is 38.8 Å². The molecule has 13 nitrogen and oxygen atoms in total. The molecule has 0 saturated carbocycles. The Balaban J connectivity index is 2.22. The lowest BCUT2D eigenvalue weighted by Crippen LogP contribution is -2.51. The number of rotatable bonds is 12. The number of carboxylic acid groups (broad SMARTS) is 4. The van der Waals surface area contributed by atoms with Crippen molar-refractivity contribution in [1.82, 2.24) is 19.6 Å². The molecule has 1 aromatic carbocycles. The normalized spacial score (nSPS) is 18.1. The number of nitrogens with zero attached hydrogens (tertiary/aromatic N) is 4. The van der Waals surface area contributed by atoms with Crippen LogP contribution in [0.1, 0.15) is 12.0 Å². The fraction of sp³-hybridized carbons (Fsp3) is 0.583. The van der Waals surface area contributed by atoms with Gasteiger partial charge in [0.25, 0.3) is 0 Å². The first-order valence-corrected chi connectivity index (χ1v) is 12.8. The molecule has 1 fully saturated rings. The number of aryl methyl sites for hydroxylation is 1. The van der Waals surface area contributed by atoms with Crippen molar-refractivity contribution < 1.29 is 39.6 Å². The van der Waals surface area contributed by atoms with Crippen molar-refractivity contribution in [2.24, 2.45) is 0 Å². The largest absolute Gasteiger partial charge is 0.480 e. The van der Waals surface area contributed by atoms with Crippen LogP contribution in [0, 0.1) is 0 Å². The van der Waals surface area contributed by atoms with Gasteiger partial charge in [0, 0.05) is 58.0 Å². The van der Waals surface area contributed by atoms with Crippen molar-refractivity contribution >= 4 is 42.4 Å². The maximum Gasteiger partial charge on any atom is 0.320 e. The summed E-state index contributed by atoms with van der Waals surface area (Å²) in [6, 6.07) is 6.60. The first-order valence-electron chi connectivity index (χ1n) is 12.4. The molecule has 1 unspecified atom stereocenters. The molecule has 0 aliphatic carbocycles. The van der Waals surface area contributed by atoms with Crippen LogP contribution in [-0.2, 0) is 25.6 Å². The maximum atomic E-state index is 12.3. The number of anilines is 1. The molecule has 212 valence electrons. The Bertz CT molecular complexity index is 903. The summed E-state index contributed by atoms with van der Waals surface area (Å²) in [5.74, 6) is -4.10. The predicted molar refractivity (Wildman–Crippen MR) is 143 cm³/mol. The molecular formula is C24H37N5O8S. The van der Waals surface area contributed by atoms with Gasteiger partial charge in [0.1, 0.15) is 6.04 Å². The van der Waals surface area contributed by atoms with E-state index in [1.165, 1.54) is 0 Å². The molecule has 0 amide bonds. The van der Waals surface area contributed by atoms with Gasteiger partial charge in [0.05, 0.1) is 19.6 Å². The summed E-state index contributed by atoms with van der Waals surface area (Å²) in [5, 5.41) is 38.1. The van der Waals surface area contributed by atoms with Gasteiger partial charge in [-0.1, -0.05) is 24.9 Å².